The molecule has 182 valence electrons. The van der Waals surface area contributed by atoms with E-state index in [1.807, 2.05) is 13.8 Å². The maximum atomic E-state index is 12.9. The van der Waals surface area contributed by atoms with E-state index in [4.69, 9.17) is 4.74 Å². The van der Waals surface area contributed by atoms with Crippen LogP contribution in [0.5, 0.6) is 5.75 Å². The van der Waals surface area contributed by atoms with E-state index in [0.717, 1.165) is 0 Å². The minimum atomic E-state index is -3.76. The maximum Gasteiger partial charge on any atom is 0.259 e. The minimum absolute atomic E-state index is 0.0187. The van der Waals surface area contributed by atoms with Gasteiger partial charge < -0.3 is 10.1 Å². The molecule has 0 unspecified atom stereocenters. The summed E-state index contributed by atoms with van der Waals surface area (Å²) >= 11 is 0. The van der Waals surface area contributed by atoms with Crippen LogP contribution in [-0.4, -0.2) is 53.8 Å². The van der Waals surface area contributed by atoms with Crippen LogP contribution < -0.4 is 14.8 Å². The monoisotopic (exact) mass is 497 g/mol. The first-order chi connectivity index (χ1) is 15.5. The zero-order chi connectivity index (χ0) is 24.8. The van der Waals surface area contributed by atoms with Gasteiger partial charge in [0.1, 0.15) is 5.75 Å². The number of nitrogens with zero attached hydrogens (tertiary/aromatic N) is 1. The summed E-state index contributed by atoms with van der Waals surface area (Å²) in [6.45, 7) is 8.19. The molecule has 1 amide bonds. The second-order valence-corrected chi connectivity index (χ2v) is 11.4. The van der Waals surface area contributed by atoms with Gasteiger partial charge in [0.2, 0.25) is 20.0 Å². The second kappa shape index (κ2) is 11.1. The fourth-order valence-electron chi connectivity index (χ4n) is 3.01. The highest BCUT2D eigenvalue weighted by Gasteiger charge is 2.24. The molecule has 2 N–H and O–H groups in total. The number of hydrogen-bond donors (Lipinski definition) is 2. The first-order valence-corrected chi connectivity index (χ1v) is 13.5. The van der Waals surface area contributed by atoms with Crippen molar-refractivity contribution in [3.05, 3.63) is 48.0 Å². The molecule has 0 fully saturated rings. The predicted molar refractivity (Wildman–Crippen MR) is 128 cm³/mol. The summed E-state index contributed by atoms with van der Waals surface area (Å²) in [5.41, 5.74) is 0.392. The molecule has 0 aliphatic heterocycles. The van der Waals surface area contributed by atoms with Crippen LogP contribution in [0.1, 0.15) is 38.1 Å². The molecule has 0 bridgehead atoms. The molecule has 2 aromatic carbocycles. The van der Waals surface area contributed by atoms with E-state index in [9.17, 15) is 21.6 Å². The van der Waals surface area contributed by atoms with Crippen molar-refractivity contribution >= 4 is 31.6 Å². The third kappa shape index (κ3) is 6.53. The van der Waals surface area contributed by atoms with E-state index < -0.39 is 26.0 Å². The second-order valence-electron chi connectivity index (χ2n) is 7.68. The van der Waals surface area contributed by atoms with Gasteiger partial charge in [-0.2, -0.15) is 4.31 Å². The third-order valence-electron chi connectivity index (χ3n) is 4.86. The van der Waals surface area contributed by atoms with Crippen LogP contribution in [0.3, 0.4) is 0 Å². The van der Waals surface area contributed by atoms with Gasteiger partial charge in [0.05, 0.1) is 22.5 Å². The average molecular weight is 498 g/mol. The Hall–Kier alpha value is -2.47. The number of hydrogen-bond acceptors (Lipinski definition) is 6. The normalized spacial score (nSPS) is 12.2. The van der Waals surface area contributed by atoms with Crippen LogP contribution in [0.4, 0.5) is 5.69 Å². The lowest BCUT2D eigenvalue weighted by Crippen LogP contribution is -2.30. The maximum absolute atomic E-state index is 12.9. The molecule has 2 aromatic rings. The van der Waals surface area contributed by atoms with Crippen molar-refractivity contribution in [3.8, 4) is 5.75 Å². The number of anilines is 1. The molecule has 0 heterocycles. The van der Waals surface area contributed by atoms with Crippen LogP contribution in [0.15, 0.2) is 52.3 Å². The molecule has 0 saturated heterocycles. The number of nitrogens with one attached hydrogen (secondary N) is 2. The third-order valence-corrected chi connectivity index (χ3v) is 8.35. The van der Waals surface area contributed by atoms with Crippen molar-refractivity contribution in [1.29, 1.82) is 0 Å². The molecule has 0 radical (unpaired) electrons. The zero-order valence-corrected chi connectivity index (χ0v) is 21.1. The summed E-state index contributed by atoms with van der Waals surface area (Å²) in [6, 6.07) is 9.80. The van der Waals surface area contributed by atoms with Crippen molar-refractivity contribution in [3.63, 3.8) is 0 Å². The fourth-order valence-corrected chi connectivity index (χ4v) is 5.71. The van der Waals surface area contributed by atoms with E-state index in [1.165, 1.54) is 53.9 Å². The van der Waals surface area contributed by atoms with Gasteiger partial charge in [0, 0.05) is 25.3 Å². The number of methoxy groups -OCH3 is 1. The molecule has 0 atom stereocenters. The summed E-state index contributed by atoms with van der Waals surface area (Å²) in [5.74, 6) is -0.213. The minimum Gasteiger partial charge on any atom is -0.496 e. The van der Waals surface area contributed by atoms with Crippen LogP contribution in [0.25, 0.3) is 0 Å². The first-order valence-electron chi connectivity index (χ1n) is 10.6. The van der Waals surface area contributed by atoms with Crippen molar-refractivity contribution in [2.24, 2.45) is 5.92 Å². The van der Waals surface area contributed by atoms with Crippen molar-refractivity contribution in [2.75, 3.05) is 32.1 Å². The van der Waals surface area contributed by atoms with Crippen molar-refractivity contribution in [2.45, 2.75) is 37.5 Å². The Labute approximate surface area is 196 Å². The zero-order valence-electron chi connectivity index (χ0n) is 19.5. The van der Waals surface area contributed by atoms with E-state index >= 15 is 0 Å². The fraction of sp³-hybridized carbons (Fsp3) is 0.409. The van der Waals surface area contributed by atoms with E-state index in [-0.39, 0.29) is 27.0 Å². The van der Waals surface area contributed by atoms with Crippen LogP contribution >= 0.6 is 0 Å². The van der Waals surface area contributed by atoms with Crippen LogP contribution in [-0.2, 0) is 20.0 Å². The molecule has 0 saturated carbocycles. The smallest absolute Gasteiger partial charge is 0.259 e. The molecule has 33 heavy (non-hydrogen) atoms. The number of carbonyl (C=O) groups excluding carboxylic acids is 1. The standard InChI is InChI=1S/C22H31N3O6S2/c1-6-25(7-2)33(29,30)19-12-13-21(31-5)20(14-19)22(26)24-17-8-10-18(11-9-17)32(27,28)23-15-16(3)4/h8-14,16,23H,6-7,15H2,1-5H3,(H,24,26). The van der Waals surface area contributed by atoms with E-state index in [1.54, 1.807) is 13.8 Å². The van der Waals surface area contributed by atoms with Crippen molar-refractivity contribution < 1.29 is 26.4 Å². The van der Waals surface area contributed by atoms with Gasteiger partial charge in [-0.05, 0) is 48.4 Å². The molecule has 0 spiro atoms. The van der Waals surface area contributed by atoms with Crippen LogP contribution in [0.2, 0.25) is 0 Å². The van der Waals surface area contributed by atoms with Gasteiger partial charge in [-0.1, -0.05) is 27.7 Å². The average Bonchev–Trinajstić information content (AvgIpc) is 2.78. The highest BCUT2D eigenvalue weighted by molar-refractivity contribution is 7.89. The van der Waals surface area contributed by atoms with Gasteiger partial charge in [-0.3, -0.25) is 4.79 Å². The summed E-state index contributed by atoms with van der Waals surface area (Å²) in [6.07, 6.45) is 0. The molecule has 0 aromatic heterocycles. The summed E-state index contributed by atoms with van der Waals surface area (Å²) in [7, 11) is -6.03. The molecule has 0 aliphatic carbocycles. The first kappa shape index (κ1) is 26.8. The van der Waals surface area contributed by atoms with Gasteiger partial charge in [-0.25, -0.2) is 21.6 Å². The Morgan fingerprint density at radius 2 is 1.55 bits per heavy atom. The Kier molecular flexibility index (Phi) is 9.01. The Morgan fingerprint density at radius 3 is 2.06 bits per heavy atom. The lowest BCUT2D eigenvalue weighted by Gasteiger charge is -2.19. The van der Waals surface area contributed by atoms with Crippen molar-refractivity contribution in [1.82, 2.24) is 9.03 Å². The quantitative estimate of drug-likeness (QED) is 0.492. The molecular formula is C22H31N3O6S2. The predicted octanol–water partition coefficient (Wildman–Crippen LogP) is 2.91. The number of amides is 1. The SMILES string of the molecule is CCN(CC)S(=O)(=O)c1ccc(OC)c(C(=O)Nc2ccc(S(=O)(=O)NCC(C)C)cc2)c1. The molecular weight excluding hydrogens is 466 g/mol. The number of carbonyl (C=O) groups is 1. The number of ether oxygens (including phenoxy) is 1. The number of sulfonamides is 2. The van der Waals surface area contributed by atoms with Gasteiger partial charge in [0.25, 0.3) is 5.91 Å². The largest absolute Gasteiger partial charge is 0.496 e. The lowest BCUT2D eigenvalue weighted by molar-refractivity contribution is 0.102. The molecule has 9 nitrogen and oxygen atoms in total. The van der Waals surface area contributed by atoms with E-state index in [0.29, 0.717) is 25.3 Å². The number of benzene rings is 2. The Bertz CT molecular complexity index is 1170. The summed E-state index contributed by atoms with van der Waals surface area (Å²) < 4.78 is 59.4. The Morgan fingerprint density at radius 1 is 0.970 bits per heavy atom. The highest BCUT2D eigenvalue weighted by Crippen LogP contribution is 2.26. The topological polar surface area (TPSA) is 122 Å². The number of rotatable bonds is 11. The van der Waals surface area contributed by atoms with Gasteiger partial charge in [0.15, 0.2) is 0 Å². The van der Waals surface area contributed by atoms with Gasteiger partial charge >= 0.3 is 0 Å². The lowest BCUT2D eigenvalue weighted by atomic mass is 10.2. The molecule has 11 heteroatoms. The Balaban J connectivity index is 2.29. The van der Waals surface area contributed by atoms with Crippen LogP contribution in [0, 0.1) is 5.92 Å². The van der Waals surface area contributed by atoms with E-state index in [2.05, 4.69) is 10.0 Å². The molecule has 0 aliphatic rings. The summed E-state index contributed by atoms with van der Waals surface area (Å²) in [4.78, 5) is 13.0. The highest BCUT2D eigenvalue weighted by atomic mass is 32.2. The summed E-state index contributed by atoms with van der Waals surface area (Å²) in [5, 5.41) is 2.66. The molecule has 2 rings (SSSR count). The van der Waals surface area contributed by atoms with Gasteiger partial charge in [-0.15, -0.1) is 0 Å².